The Morgan fingerprint density at radius 2 is 1.25 bits per heavy atom. The van der Waals surface area contributed by atoms with Gasteiger partial charge in [0, 0.05) is 0 Å². The largest absolute Gasteiger partial charge is 2.00 e. The van der Waals surface area contributed by atoms with E-state index in [0.29, 0.717) is 0 Å². The van der Waals surface area contributed by atoms with Gasteiger partial charge in [-0.1, -0.05) is 6.92 Å². The van der Waals surface area contributed by atoms with Crippen LogP contribution in [0.1, 0.15) is 34.1 Å². The average molecular weight is 159 g/mol. The molecule has 0 aliphatic heterocycles. The van der Waals surface area contributed by atoms with Crippen molar-refractivity contribution in [3.8, 4) is 0 Å². The van der Waals surface area contributed by atoms with Crippen LogP contribution in [0.2, 0.25) is 0 Å². The number of rotatable bonds is 0. The van der Waals surface area contributed by atoms with Crippen LogP contribution in [-0.4, -0.2) is 0 Å². The normalized spacial score (nSPS) is 6.75. The van der Waals surface area contributed by atoms with E-state index in [1.54, 1.807) is 0 Å². The summed E-state index contributed by atoms with van der Waals surface area (Å²) < 4.78 is 0. The first-order valence-corrected chi connectivity index (χ1v) is 2.71. The second-order valence-corrected chi connectivity index (χ2v) is 2.00. The van der Waals surface area contributed by atoms with Crippen molar-refractivity contribution in [3.05, 3.63) is 12.8 Å². The summed E-state index contributed by atoms with van der Waals surface area (Å²) in [6.45, 7) is 11.8. The predicted octanol–water partition coefficient (Wildman–Crippen LogP) is 2.85. The summed E-state index contributed by atoms with van der Waals surface area (Å²) in [5.41, 5.74) is 0. The van der Waals surface area contributed by atoms with Gasteiger partial charge in [-0.05, 0) is 0 Å². The van der Waals surface area contributed by atoms with Gasteiger partial charge in [0.1, 0.15) is 0 Å². The van der Waals surface area contributed by atoms with Gasteiger partial charge in [0.05, 0.1) is 0 Å². The van der Waals surface area contributed by atoms with Crippen LogP contribution in [0.25, 0.3) is 0 Å². The molecule has 8 heavy (non-hydrogen) atoms. The average Bonchev–Trinajstić information content (AvgIpc) is 1.33. The first kappa shape index (κ1) is 15.8. The van der Waals surface area contributed by atoms with Crippen molar-refractivity contribution < 1.29 is 16.5 Å². The van der Waals surface area contributed by atoms with Crippen LogP contribution in [0.3, 0.4) is 0 Å². The Bertz CT molecular complexity index is 15.6. The third kappa shape index (κ3) is 805. The number of hydrogen-bond donors (Lipinski definition) is 0. The molecule has 0 aromatic rings. The third-order valence-electron chi connectivity index (χ3n) is 0. The van der Waals surface area contributed by atoms with Crippen LogP contribution in [0.4, 0.5) is 0 Å². The molecule has 0 N–H and O–H groups in total. The summed E-state index contributed by atoms with van der Waals surface area (Å²) in [6.07, 6.45) is 1.00. The molecule has 0 rings (SSSR count). The van der Waals surface area contributed by atoms with E-state index in [-0.39, 0.29) is 16.5 Å². The summed E-state index contributed by atoms with van der Waals surface area (Å²) in [6, 6.07) is 0. The summed E-state index contributed by atoms with van der Waals surface area (Å²) >= 11 is 0. The maximum Gasteiger partial charge on any atom is 2.00 e. The summed E-state index contributed by atoms with van der Waals surface area (Å²) in [7, 11) is 0. The van der Waals surface area contributed by atoms with Gasteiger partial charge in [0.25, 0.3) is 0 Å². The van der Waals surface area contributed by atoms with Crippen LogP contribution in [0, 0.1) is 12.8 Å². The number of hydrogen-bond acceptors (Lipinski definition) is 0. The van der Waals surface area contributed by atoms with Crippen LogP contribution in [-0.2, 0) is 16.5 Å². The molecule has 0 aliphatic rings. The molecule has 0 saturated heterocycles. The third-order valence-corrected chi connectivity index (χ3v) is 0. The Morgan fingerprint density at radius 1 is 1.25 bits per heavy atom. The van der Waals surface area contributed by atoms with Crippen molar-refractivity contribution in [2.24, 2.45) is 0 Å². The molecular formula is C7H16Ni. The maximum absolute atomic E-state index is 3.49. The predicted molar refractivity (Wildman–Crippen MR) is 35.9 cm³/mol. The molecule has 0 unspecified atom stereocenters. The van der Waals surface area contributed by atoms with E-state index in [1.165, 1.54) is 5.92 Å². The van der Waals surface area contributed by atoms with Crippen molar-refractivity contribution in [2.45, 2.75) is 34.1 Å². The van der Waals surface area contributed by atoms with Crippen molar-refractivity contribution >= 4 is 0 Å². The Kier molecular flexibility index (Phi) is 30.9. The van der Waals surface area contributed by atoms with E-state index in [9.17, 15) is 0 Å². The molecule has 0 atom stereocenters. The zero-order chi connectivity index (χ0) is 6.28. The molecule has 0 amide bonds. The molecular weight excluding hydrogens is 143 g/mol. The fourth-order valence-corrected chi connectivity index (χ4v) is 0. The van der Waals surface area contributed by atoms with Gasteiger partial charge in [0.2, 0.25) is 0 Å². The van der Waals surface area contributed by atoms with Gasteiger partial charge < -0.3 is 12.8 Å². The molecule has 0 radical (unpaired) electrons. The maximum atomic E-state index is 3.49. The minimum absolute atomic E-state index is 0. The summed E-state index contributed by atoms with van der Waals surface area (Å²) in [5.74, 6) is 1.42. The van der Waals surface area contributed by atoms with E-state index >= 15 is 0 Å². The van der Waals surface area contributed by atoms with Crippen molar-refractivity contribution in [1.82, 2.24) is 0 Å². The fraction of sp³-hybridized carbons (Fsp3) is 0.714. The van der Waals surface area contributed by atoms with E-state index < -0.39 is 0 Å². The topological polar surface area (TPSA) is 0 Å². The molecule has 0 bridgehead atoms. The van der Waals surface area contributed by atoms with Gasteiger partial charge >= 0.3 is 16.5 Å². The van der Waals surface area contributed by atoms with Gasteiger partial charge in [0.15, 0.2) is 0 Å². The quantitative estimate of drug-likeness (QED) is 0.376. The smallest absolute Gasteiger partial charge is 0.344 e. The first-order chi connectivity index (χ1) is 3.15. The molecule has 0 aliphatic carbocycles. The molecule has 0 aromatic heterocycles. The minimum Gasteiger partial charge on any atom is -0.344 e. The van der Waals surface area contributed by atoms with Crippen molar-refractivity contribution in [1.29, 1.82) is 0 Å². The summed E-state index contributed by atoms with van der Waals surface area (Å²) in [5, 5.41) is 0. The molecule has 0 nitrogen and oxygen atoms in total. The standard InChI is InChI=1S/C4H9.C3H7.Ni/c1-4(2)3;1-3-2;/h1-3H3;1,3H2,2H3;/q2*-1;+2. The van der Waals surface area contributed by atoms with Crippen LogP contribution >= 0.6 is 0 Å². The van der Waals surface area contributed by atoms with Crippen LogP contribution in [0.15, 0.2) is 0 Å². The second-order valence-electron chi connectivity index (χ2n) is 2.00. The van der Waals surface area contributed by atoms with E-state index in [0.717, 1.165) is 6.42 Å². The van der Waals surface area contributed by atoms with Gasteiger partial charge in [-0.15, -0.1) is 0 Å². The molecule has 0 aromatic carbocycles. The molecule has 0 spiro atoms. The molecule has 0 fully saturated rings. The van der Waals surface area contributed by atoms with Gasteiger partial charge in [-0.3, -0.25) is 0 Å². The van der Waals surface area contributed by atoms with Crippen molar-refractivity contribution in [3.63, 3.8) is 0 Å². The second kappa shape index (κ2) is 15.6. The van der Waals surface area contributed by atoms with E-state index in [4.69, 9.17) is 0 Å². The Labute approximate surface area is 64.0 Å². The minimum atomic E-state index is 0. The molecule has 1 heteroatoms. The molecule has 0 heterocycles. The molecule has 54 valence electrons. The van der Waals surface area contributed by atoms with Crippen LogP contribution < -0.4 is 0 Å². The first-order valence-electron chi connectivity index (χ1n) is 2.71. The monoisotopic (exact) mass is 158 g/mol. The fourth-order valence-electron chi connectivity index (χ4n) is 0. The summed E-state index contributed by atoms with van der Waals surface area (Å²) in [4.78, 5) is 0. The van der Waals surface area contributed by atoms with Gasteiger partial charge in [-0.25, -0.2) is 0 Å². The zero-order valence-electron chi connectivity index (χ0n) is 6.23. The van der Waals surface area contributed by atoms with E-state index in [1.807, 2.05) is 6.92 Å². The van der Waals surface area contributed by atoms with E-state index in [2.05, 4.69) is 27.7 Å². The molecule has 0 saturated carbocycles. The van der Waals surface area contributed by atoms with Crippen molar-refractivity contribution in [2.75, 3.05) is 0 Å². The Balaban J connectivity index is -0.0000000575. The Hall–Kier alpha value is 0.494. The van der Waals surface area contributed by atoms with Gasteiger partial charge in [-0.2, -0.15) is 27.2 Å². The SMILES string of the molecule is C[C-](C)C.[CH2-]CC.[Ni+2]. The zero-order valence-corrected chi connectivity index (χ0v) is 7.22. The Morgan fingerprint density at radius 3 is 1.25 bits per heavy atom. The van der Waals surface area contributed by atoms with Crippen LogP contribution in [0.5, 0.6) is 0 Å².